The minimum atomic E-state index is -0.116. The van der Waals surface area contributed by atoms with Gasteiger partial charge in [0.2, 0.25) is 0 Å². The van der Waals surface area contributed by atoms with Crippen LogP contribution >= 0.6 is 0 Å². The number of fused-ring (bicyclic) bond motifs is 1. The predicted molar refractivity (Wildman–Crippen MR) is 78.7 cm³/mol. The molecule has 2 unspecified atom stereocenters. The van der Waals surface area contributed by atoms with E-state index < -0.39 is 0 Å². The average Bonchev–Trinajstić information content (AvgIpc) is 3.08. The van der Waals surface area contributed by atoms with Crippen LogP contribution in [0.1, 0.15) is 37.3 Å². The van der Waals surface area contributed by atoms with Crippen molar-refractivity contribution >= 4 is 0 Å². The lowest BCUT2D eigenvalue weighted by Gasteiger charge is -2.32. The van der Waals surface area contributed by atoms with E-state index in [1.54, 1.807) is 0 Å². The van der Waals surface area contributed by atoms with Gasteiger partial charge in [-0.25, -0.2) is 0 Å². The number of nitrogens with two attached hydrogens (primary N) is 1. The summed E-state index contributed by atoms with van der Waals surface area (Å²) >= 11 is 0. The van der Waals surface area contributed by atoms with Crippen molar-refractivity contribution < 1.29 is 9.47 Å². The summed E-state index contributed by atoms with van der Waals surface area (Å²) in [7, 11) is 0. The highest BCUT2D eigenvalue weighted by molar-refractivity contribution is 5.39. The molecule has 2 aliphatic heterocycles. The van der Waals surface area contributed by atoms with E-state index in [1.165, 1.54) is 11.1 Å². The van der Waals surface area contributed by atoms with Crippen LogP contribution in [-0.2, 0) is 17.6 Å². The molecule has 4 nitrogen and oxygen atoms in total. The van der Waals surface area contributed by atoms with E-state index >= 15 is 0 Å². The summed E-state index contributed by atoms with van der Waals surface area (Å²) < 4.78 is 11.4. The second-order valence-electron chi connectivity index (χ2n) is 6.06. The fraction of sp³-hybridized carbons (Fsp3) is 0.625. The Hall–Kier alpha value is -1.10. The van der Waals surface area contributed by atoms with Crippen LogP contribution in [0.15, 0.2) is 18.2 Å². The van der Waals surface area contributed by atoms with Crippen LogP contribution in [0.25, 0.3) is 0 Å². The van der Waals surface area contributed by atoms with Gasteiger partial charge in [-0.15, -0.1) is 0 Å². The highest BCUT2D eigenvalue weighted by Crippen LogP contribution is 2.31. The number of aryl methyl sites for hydroxylation is 1. The molecule has 0 radical (unpaired) electrons. The smallest absolute Gasteiger partial charge is 0.122 e. The van der Waals surface area contributed by atoms with Crippen molar-refractivity contribution in [2.45, 2.75) is 50.7 Å². The van der Waals surface area contributed by atoms with Gasteiger partial charge in [-0.1, -0.05) is 12.1 Å². The Morgan fingerprint density at radius 2 is 2.30 bits per heavy atom. The number of nitrogens with one attached hydrogen (secondary N) is 1. The first kappa shape index (κ1) is 13.9. The zero-order chi connectivity index (χ0) is 14.0. The molecule has 2 heterocycles. The minimum absolute atomic E-state index is 0.116. The Morgan fingerprint density at radius 1 is 1.40 bits per heavy atom. The zero-order valence-corrected chi connectivity index (χ0v) is 12.2. The van der Waals surface area contributed by atoms with Crippen LogP contribution in [0.4, 0.5) is 0 Å². The maximum absolute atomic E-state index is 5.89. The number of ether oxygens (including phenoxy) is 2. The molecule has 1 fully saturated rings. The molecule has 0 aromatic heterocycles. The van der Waals surface area contributed by atoms with Gasteiger partial charge in [0.05, 0.1) is 18.2 Å². The fourth-order valence-electron chi connectivity index (χ4n) is 3.35. The van der Waals surface area contributed by atoms with E-state index in [4.69, 9.17) is 15.3 Å². The Bertz CT molecular complexity index is 470. The first-order valence-corrected chi connectivity index (χ1v) is 7.56. The van der Waals surface area contributed by atoms with Crippen molar-refractivity contribution in [1.29, 1.82) is 0 Å². The maximum Gasteiger partial charge on any atom is 0.122 e. The van der Waals surface area contributed by atoms with E-state index in [9.17, 15) is 0 Å². The third kappa shape index (κ3) is 2.68. The molecule has 110 valence electrons. The summed E-state index contributed by atoms with van der Waals surface area (Å²) in [6.07, 6.45) is 5.25. The van der Waals surface area contributed by atoms with Gasteiger partial charge in [0.25, 0.3) is 0 Å². The Kier molecular flexibility index (Phi) is 3.96. The summed E-state index contributed by atoms with van der Waals surface area (Å²) in [6, 6.07) is 6.73. The Morgan fingerprint density at radius 3 is 3.05 bits per heavy atom. The van der Waals surface area contributed by atoms with Gasteiger partial charge >= 0.3 is 0 Å². The SMILES string of the molecule is CC1(C(CCc2ccc3c(c2)CCO3)NN)CCCO1. The highest BCUT2D eigenvalue weighted by Gasteiger charge is 2.37. The number of hydrogen-bond acceptors (Lipinski definition) is 4. The van der Waals surface area contributed by atoms with Crippen LogP contribution in [0, 0.1) is 0 Å². The summed E-state index contributed by atoms with van der Waals surface area (Å²) in [5.41, 5.74) is 5.53. The van der Waals surface area contributed by atoms with E-state index in [0.717, 1.165) is 51.1 Å². The predicted octanol–water partition coefficient (Wildman–Crippen LogP) is 1.96. The minimum Gasteiger partial charge on any atom is -0.493 e. The lowest BCUT2D eigenvalue weighted by atomic mass is 9.89. The second kappa shape index (κ2) is 5.72. The van der Waals surface area contributed by atoms with Crippen LogP contribution < -0.4 is 16.0 Å². The topological polar surface area (TPSA) is 56.5 Å². The lowest BCUT2D eigenvalue weighted by molar-refractivity contribution is -0.0137. The molecule has 0 saturated carbocycles. The van der Waals surface area contributed by atoms with Gasteiger partial charge in [-0.3, -0.25) is 11.3 Å². The molecule has 0 amide bonds. The Balaban J connectivity index is 1.63. The van der Waals surface area contributed by atoms with Crippen molar-refractivity contribution in [1.82, 2.24) is 5.43 Å². The van der Waals surface area contributed by atoms with Crippen LogP contribution in [-0.4, -0.2) is 24.9 Å². The quantitative estimate of drug-likeness (QED) is 0.637. The second-order valence-corrected chi connectivity index (χ2v) is 6.06. The van der Waals surface area contributed by atoms with Crippen LogP contribution in [0.5, 0.6) is 5.75 Å². The van der Waals surface area contributed by atoms with Gasteiger partial charge in [-0.2, -0.15) is 0 Å². The maximum atomic E-state index is 5.89. The van der Waals surface area contributed by atoms with E-state index in [1.807, 2.05) is 0 Å². The number of rotatable bonds is 5. The molecule has 3 rings (SSSR count). The zero-order valence-electron chi connectivity index (χ0n) is 12.2. The fourth-order valence-corrected chi connectivity index (χ4v) is 3.35. The molecule has 0 aliphatic carbocycles. The van der Waals surface area contributed by atoms with Crippen molar-refractivity contribution in [3.05, 3.63) is 29.3 Å². The molecule has 4 heteroatoms. The lowest BCUT2D eigenvalue weighted by Crippen LogP contribution is -2.51. The van der Waals surface area contributed by atoms with Crippen LogP contribution in [0.3, 0.4) is 0 Å². The van der Waals surface area contributed by atoms with Gasteiger partial charge in [-0.05, 0) is 49.8 Å². The number of benzene rings is 1. The number of hydrazine groups is 1. The molecular formula is C16H24N2O2. The molecule has 0 bridgehead atoms. The molecule has 0 spiro atoms. The van der Waals surface area contributed by atoms with Gasteiger partial charge in [0, 0.05) is 13.0 Å². The normalized spacial score (nSPS) is 26.3. The third-order valence-electron chi connectivity index (χ3n) is 4.66. The molecule has 1 saturated heterocycles. The Labute approximate surface area is 120 Å². The monoisotopic (exact) mass is 276 g/mol. The molecular weight excluding hydrogens is 252 g/mol. The first-order chi connectivity index (χ1) is 9.71. The van der Waals surface area contributed by atoms with Crippen molar-refractivity contribution in [3.63, 3.8) is 0 Å². The van der Waals surface area contributed by atoms with Crippen LogP contribution in [0.2, 0.25) is 0 Å². The molecule has 1 aromatic rings. The average molecular weight is 276 g/mol. The van der Waals surface area contributed by atoms with E-state index in [0.29, 0.717) is 0 Å². The summed E-state index contributed by atoms with van der Waals surface area (Å²) in [4.78, 5) is 0. The van der Waals surface area contributed by atoms with Gasteiger partial charge in [0.1, 0.15) is 5.75 Å². The molecule has 3 N–H and O–H groups in total. The van der Waals surface area contributed by atoms with E-state index in [-0.39, 0.29) is 11.6 Å². The van der Waals surface area contributed by atoms with Crippen molar-refractivity contribution in [2.24, 2.45) is 5.84 Å². The molecule has 2 aliphatic rings. The first-order valence-electron chi connectivity index (χ1n) is 7.56. The molecule has 1 aromatic carbocycles. The third-order valence-corrected chi connectivity index (χ3v) is 4.66. The molecule has 2 atom stereocenters. The highest BCUT2D eigenvalue weighted by atomic mass is 16.5. The van der Waals surface area contributed by atoms with E-state index in [2.05, 4.69) is 30.5 Å². The van der Waals surface area contributed by atoms with Gasteiger partial charge in [0.15, 0.2) is 0 Å². The molecule has 20 heavy (non-hydrogen) atoms. The van der Waals surface area contributed by atoms with Crippen molar-refractivity contribution in [3.8, 4) is 5.75 Å². The number of hydrogen-bond donors (Lipinski definition) is 2. The standard InChI is InChI=1S/C16H24N2O2/c1-16(8-2-9-20-16)15(18-17)6-4-12-3-5-14-13(11-12)7-10-19-14/h3,5,11,15,18H,2,4,6-10,17H2,1H3. The van der Waals surface area contributed by atoms with Gasteiger partial charge < -0.3 is 9.47 Å². The summed E-state index contributed by atoms with van der Waals surface area (Å²) in [5, 5.41) is 0. The summed E-state index contributed by atoms with van der Waals surface area (Å²) in [5.74, 6) is 6.79. The largest absolute Gasteiger partial charge is 0.493 e. The summed E-state index contributed by atoms with van der Waals surface area (Å²) in [6.45, 7) is 3.84. The van der Waals surface area contributed by atoms with Crippen molar-refractivity contribution in [2.75, 3.05) is 13.2 Å².